The molecule has 3 rings (SSSR count). The summed E-state index contributed by atoms with van der Waals surface area (Å²) >= 11 is 0. The van der Waals surface area contributed by atoms with Crippen molar-refractivity contribution in [3.63, 3.8) is 0 Å². The highest BCUT2D eigenvalue weighted by molar-refractivity contribution is 5.89. The van der Waals surface area contributed by atoms with E-state index >= 15 is 0 Å². The molecule has 0 spiro atoms. The van der Waals surface area contributed by atoms with E-state index in [0.717, 1.165) is 16.5 Å². The maximum absolute atomic E-state index is 9.74. The zero-order valence-electron chi connectivity index (χ0n) is 7.92. The molecule has 1 aromatic heterocycles. The van der Waals surface area contributed by atoms with E-state index < -0.39 is 12.2 Å². The summed E-state index contributed by atoms with van der Waals surface area (Å²) < 4.78 is 5.51. The molecule has 15 heavy (non-hydrogen) atoms. The molecule has 0 fully saturated rings. The molecular formula is C12H10O3. The Kier molecular flexibility index (Phi) is 1.71. The van der Waals surface area contributed by atoms with Gasteiger partial charge in [0.1, 0.15) is 23.6 Å². The summed E-state index contributed by atoms with van der Waals surface area (Å²) in [5.41, 5.74) is 1.60. The van der Waals surface area contributed by atoms with Crippen LogP contribution in [0.5, 0.6) is 0 Å². The topological polar surface area (TPSA) is 53.6 Å². The van der Waals surface area contributed by atoms with Gasteiger partial charge in [-0.2, -0.15) is 0 Å². The van der Waals surface area contributed by atoms with Crippen LogP contribution in [0.4, 0.5) is 0 Å². The fourth-order valence-electron chi connectivity index (χ4n) is 1.93. The largest absolute Gasteiger partial charge is 0.458 e. The van der Waals surface area contributed by atoms with Crippen molar-refractivity contribution in [2.24, 2.45) is 0 Å². The predicted molar refractivity (Wildman–Crippen MR) is 56.2 cm³/mol. The number of aliphatic hydroxyl groups excluding tert-OH is 2. The van der Waals surface area contributed by atoms with Gasteiger partial charge in [-0.15, -0.1) is 0 Å². The summed E-state index contributed by atoms with van der Waals surface area (Å²) in [7, 11) is 0. The minimum atomic E-state index is -0.961. The maximum atomic E-state index is 9.74. The van der Waals surface area contributed by atoms with Crippen molar-refractivity contribution in [3.8, 4) is 0 Å². The Morgan fingerprint density at radius 1 is 1.13 bits per heavy atom. The molecule has 1 heterocycles. The Morgan fingerprint density at radius 3 is 2.80 bits per heavy atom. The number of furan rings is 1. The smallest absolute Gasteiger partial charge is 0.144 e. The lowest BCUT2D eigenvalue weighted by atomic mass is 9.98. The van der Waals surface area contributed by atoms with E-state index in [1.165, 1.54) is 0 Å². The molecule has 1 aliphatic rings. The third-order valence-electron chi connectivity index (χ3n) is 2.71. The van der Waals surface area contributed by atoms with Crippen molar-refractivity contribution in [2.45, 2.75) is 12.2 Å². The highest BCUT2D eigenvalue weighted by Crippen LogP contribution is 2.35. The first kappa shape index (κ1) is 8.71. The van der Waals surface area contributed by atoms with Crippen LogP contribution in [-0.4, -0.2) is 16.3 Å². The van der Waals surface area contributed by atoms with Gasteiger partial charge >= 0.3 is 0 Å². The van der Waals surface area contributed by atoms with Crippen LogP contribution in [0.25, 0.3) is 17.0 Å². The first-order valence-electron chi connectivity index (χ1n) is 4.83. The number of hydrogen-bond donors (Lipinski definition) is 2. The lowest BCUT2D eigenvalue weighted by molar-refractivity contribution is 0.0330. The van der Waals surface area contributed by atoms with Crippen molar-refractivity contribution in [1.29, 1.82) is 0 Å². The minimum Gasteiger partial charge on any atom is -0.458 e. The van der Waals surface area contributed by atoms with Gasteiger partial charge in [0.05, 0.1) is 0 Å². The van der Waals surface area contributed by atoms with Crippen molar-refractivity contribution >= 4 is 17.0 Å². The third kappa shape index (κ3) is 1.14. The molecule has 1 aromatic carbocycles. The highest BCUT2D eigenvalue weighted by Gasteiger charge is 2.27. The van der Waals surface area contributed by atoms with Gasteiger partial charge in [-0.3, -0.25) is 0 Å². The lowest BCUT2D eigenvalue weighted by Crippen LogP contribution is -2.18. The molecule has 2 N–H and O–H groups in total. The minimum absolute atomic E-state index is 0.450. The van der Waals surface area contributed by atoms with E-state index in [0.29, 0.717) is 5.76 Å². The molecule has 0 saturated carbocycles. The summed E-state index contributed by atoms with van der Waals surface area (Å²) in [5, 5.41) is 20.2. The quantitative estimate of drug-likeness (QED) is 0.685. The molecule has 76 valence electrons. The van der Waals surface area contributed by atoms with Gasteiger partial charge < -0.3 is 14.6 Å². The number of aliphatic hydroxyl groups is 2. The summed E-state index contributed by atoms with van der Waals surface area (Å²) in [6.45, 7) is 0. The van der Waals surface area contributed by atoms with Crippen LogP contribution in [0.15, 0.2) is 34.8 Å². The summed E-state index contributed by atoms with van der Waals surface area (Å²) in [6, 6.07) is 7.58. The van der Waals surface area contributed by atoms with Crippen LogP contribution in [0.2, 0.25) is 0 Å². The van der Waals surface area contributed by atoms with E-state index in [2.05, 4.69) is 0 Å². The zero-order chi connectivity index (χ0) is 10.4. The van der Waals surface area contributed by atoms with Crippen molar-refractivity contribution in [2.75, 3.05) is 0 Å². The first-order chi connectivity index (χ1) is 7.27. The maximum Gasteiger partial charge on any atom is 0.144 e. The standard InChI is InChI=1S/C12H10O3/c13-9-6-5-8-7-3-1-2-4-10(7)15-12(8)11(9)14/h1-6,9,11,13-14H. The highest BCUT2D eigenvalue weighted by atomic mass is 16.4. The van der Waals surface area contributed by atoms with Gasteiger partial charge in [0.2, 0.25) is 0 Å². The molecule has 0 saturated heterocycles. The van der Waals surface area contributed by atoms with E-state index in [1.54, 1.807) is 12.2 Å². The molecule has 2 unspecified atom stereocenters. The Labute approximate surface area is 86.3 Å². The molecule has 0 aliphatic heterocycles. The molecule has 2 atom stereocenters. The molecular weight excluding hydrogens is 192 g/mol. The van der Waals surface area contributed by atoms with Crippen LogP contribution >= 0.6 is 0 Å². The third-order valence-corrected chi connectivity index (χ3v) is 2.71. The van der Waals surface area contributed by atoms with Crippen molar-refractivity contribution in [1.82, 2.24) is 0 Å². The molecule has 0 radical (unpaired) electrons. The lowest BCUT2D eigenvalue weighted by Gasteiger charge is -2.16. The summed E-state index contributed by atoms with van der Waals surface area (Å²) in [6.07, 6.45) is 1.53. The predicted octanol–water partition coefficient (Wildman–Crippen LogP) is 1.85. The van der Waals surface area contributed by atoms with Crippen LogP contribution in [0, 0.1) is 0 Å². The summed E-state index contributed by atoms with van der Waals surface area (Å²) in [5.74, 6) is 0.450. The second-order valence-electron chi connectivity index (χ2n) is 3.67. The van der Waals surface area contributed by atoms with E-state index in [1.807, 2.05) is 24.3 Å². The van der Waals surface area contributed by atoms with E-state index in [9.17, 15) is 10.2 Å². The Hall–Kier alpha value is -1.58. The van der Waals surface area contributed by atoms with E-state index in [-0.39, 0.29) is 0 Å². The van der Waals surface area contributed by atoms with Gasteiger partial charge in [-0.1, -0.05) is 30.4 Å². The Morgan fingerprint density at radius 2 is 1.93 bits per heavy atom. The number of fused-ring (bicyclic) bond motifs is 3. The van der Waals surface area contributed by atoms with Crippen molar-refractivity contribution in [3.05, 3.63) is 41.7 Å². The molecule has 3 nitrogen and oxygen atoms in total. The second-order valence-corrected chi connectivity index (χ2v) is 3.67. The molecule has 3 heteroatoms. The number of hydrogen-bond acceptors (Lipinski definition) is 3. The average molecular weight is 202 g/mol. The zero-order valence-corrected chi connectivity index (χ0v) is 7.92. The van der Waals surface area contributed by atoms with Gasteiger partial charge in [0.15, 0.2) is 0 Å². The molecule has 0 amide bonds. The van der Waals surface area contributed by atoms with Gasteiger partial charge in [-0.05, 0) is 6.07 Å². The van der Waals surface area contributed by atoms with Crippen LogP contribution < -0.4 is 0 Å². The Bertz CT molecular complexity index is 539. The fraction of sp³-hybridized carbons (Fsp3) is 0.167. The number of rotatable bonds is 0. The molecule has 2 aromatic rings. The monoisotopic (exact) mass is 202 g/mol. The van der Waals surface area contributed by atoms with Gasteiger partial charge in [0.25, 0.3) is 0 Å². The SMILES string of the molecule is OC1C=Cc2c(oc3ccccc23)C1O. The number of para-hydroxylation sites is 1. The second kappa shape index (κ2) is 2.95. The van der Waals surface area contributed by atoms with Gasteiger partial charge in [0, 0.05) is 10.9 Å². The Balaban J connectivity index is 2.33. The molecule has 0 bridgehead atoms. The first-order valence-corrected chi connectivity index (χ1v) is 4.83. The normalized spacial score (nSPS) is 24.4. The summed E-state index contributed by atoms with van der Waals surface area (Å²) in [4.78, 5) is 0. The van der Waals surface area contributed by atoms with Crippen LogP contribution in [0.3, 0.4) is 0 Å². The van der Waals surface area contributed by atoms with E-state index in [4.69, 9.17) is 4.42 Å². The fourth-order valence-corrected chi connectivity index (χ4v) is 1.93. The van der Waals surface area contributed by atoms with Gasteiger partial charge in [-0.25, -0.2) is 0 Å². The number of benzene rings is 1. The van der Waals surface area contributed by atoms with Crippen LogP contribution in [-0.2, 0) is 0 Å². The molecule has 1 aliphatic carbocycles. The van der Waals surface area contributed by atoms with Crippen molar-refractivity contribution < 1.29 is 14.6 Å². The average Bonchev–Trinajstić information content (AvgIpc) is 2.63. The van der Waals surface area contributed by atoms with Crippen LogP contribution in [0.1, 0.15) is 17.4 Å².